The summed E-state index contributed by atoms with van der Waals surface area (Å²) in [6.07, 6.45) is 1.36. The molecule has 0 fully saturated rings. The molecular formula is C27H38N2O5S. The fraction of sp³-hybridized carbons (Fsp3) is 0.556. The maximum Gasteiger partial charge on any atom is 0.242 e. The largest absolute Gasteiger partial charge is 0.454 e. The predicted molar refractivity (Wildman–Crippen MR) is 137 cm³/mol. The normalized spacial score (nSPS) is 13.5. The van der Waals surface area contributed by atoms with Crippen molar-refractivity contribution in [2.45, 2.75) is 53.6 Å². The van der Waals surface area contributed by atoms with Gasteiger partial charge in [-0.15, -0.1) is 11.3 Å². The van der Waals surface area contributed by atoms with E-state index in [1.165, 1.54) is 0 Å². The Balaban J connectivity index is 1.72. The molecule has 2 aromatic rings. The molecule has 1 unspecified atom stereocenters. The number of carbonyl (C=O) groups is 2. The fourth-order valence-corrected chi connectivity index (χ4v) is 5.10. The van der Waals surface area contributed by atoms with E-state index in [0.29, 0.717) is 44.2 Å². The summed E-state index contributed by atoms with van der Waals surface area (Å²) in [4.78, 5) is 31.3. The van der Waals surface area contributed by atoms with Crippen molar-refractivity contribution in [3.8, 4) is 11.5 Å². The second-order valence-corrected chi connectivity index (χ2v) is 11.4. The molecular weight excluding hydrogens is 464 g/mol. The molecule has 1 aromatic heterocycles. The van der Waals surface area contributed by atoms with E-state index in [2.05, 4.69) is 27.7 Å². The van der Waals surface area contributed by atoms with Crippen LogP contribution in [0.1, 0.15) is 51.0 Å². The second kappa shape index (κ2) is 12.4. The zero-order chi connectivity index (χ0) is 25.4. The van der Waals surface area contributed by atoms with Crippen LogP contribution >= 0.6 is 11.3 Å². The van der Waals surface area contributed by atoms with Gasteiger partial charge in [0.15, 0.2) is 11.5 Å². The lowest BCUT2D eigenvalue weighted by atomic mass is 9.84. The SMILES string of the molecule is COCCN(CC(=O)N(Cc1ccc2c(c1)OCO2)Cc1cccs1)C(=O)CC(C)CC(C)(C)C. The highest BCUT2D eigenvalue weighted by Crippen LogP contribution is 2.33. The Hall–Kier alpha value is -2.58. The molecule has 1 atom stereocenters. The van der Waals surface area contributed by atoms with Crippen LogP contribution in [0.25, 0.3) is 0 Å². The third kappa shape index (κ3) is 8.54. The van der Waals surface area contributed by atoms with Gasteiger partial charge in [-0.1, -0.05) is 39.8 Å². The number of amides is 2. The van der Waals surface area contributed by atoms with Crippen molar-refractivity contribution >= 4 is 23.2 Å². The number of hydrogen-bond donors (Lipinski definition) is 0. The van der Waals surface area contributed by atoms with E-state index in [9.17, 15) is 9.59 Å². The van der Waals surface area contributed by atoms with Gasteiger partial charge in [0.2, 0.25) is 18.6 Å². The highest BCUT2D eigenvalue weighted by atomic mass is 32.1. The quantitative estimate of drug-likeness (QED) is 0.411. The maximum absolute atomic E-state index is 13.5. The van der Waals surface area contributed by atoms with E-state index >= 15 is 0 Å². The first-order valence-electron chi connectivity index (χ1n) is 12.1. The van der Waals surface area contributed by atoms with Gasteiger partial charge >= 0.3 is 0 Å². The summed E-state index contributed by atoms with van der Waals surface area (Å²) in [5.74, 6) is 1.54. The smallest absolute Gasteiger partial charge is 0.242 e. The zero-order valence-corrected chi connectivity index (χ0v) is 22.4. The minimum atomic E-state index is -0.0935. The molecule has 0 spiro atoms. The van der Waals surface area contributed by atoms with E-state index in [0.717, 1.165) is 16.9 Å². The lowest BCUT2D eigenvalue weighted by Crippen LogP contribution is -2.44. The number of thiophene rings is 1. The Morgan fingerprint density at radius 2 is 1.86 bits per heavy atom. The third-order valence-corrected chi connectivity index (χ3v) is 6.68. The van der Waals surface area contributed by atoms with Crippen LogP contribution in [0.2, 0.25) is 0 Å². The molecule has 0 N–H and O–H groups in total. The van der Waals surface area contributed by atoms with Crippen LogP contribution in [-0.4, -0.2) is 55.2 Å². The first-order chi connectivity index (χ1) is 16.6. The van der Waals surface area contributed by atoms with Crippen LogP contribution in [0.5, 0.6) is 11.5 Å². The van der Waals surface area contributed by atoms with Crippen LogP contribution in [0.4, 0.5) is 0 Å². The van der Waals surface area contributed by atoms with Gasteiger partial charge in [-0.3, -0.25) is 9.59 Å². The predicted octanol–water partition coefficient (Wildman–Crippen LogP) is 4.94. The minimum absolute atomic E-state index is 0.00805. The van der Waals surface area contributed by atoms with Crippen molar-refractivity contribution in [1.29, 1.82) is 0 Å². The van der Waals surface area contributed by atoms with Crippen LogP contribution in [0.15, 0.2) is 35.7 Å². The Labute approximate surface area is 213 Å². The molecule has 1 aromatic carbocycles. The molecule has 2 heterocycles. The van der Waals surface area contributed by atoms with E-state index in [1.807, 2.05) is 35.7 Å². The Morgan fingerprint density at radius 1 is 1.09 bits per heavy atom. The maximum atomic E-state index is 13.5. The van der Waals surface area contributed by atoms with E-state index in [4.69, 9.17) is 14.2 Å². The first kappa shape index (κ1) is 27.0. The summed E-state index contributed by atoms with van der Waals surface area (Å²) in [6.45, 7) is 10.6. The third-order valence-electron chi connectivity index (χ3n) is 5.82. The first-order valence-corrected chi connectivity index (χ1v) is 13.0. The summed E-state index contributed by atoms with van der Waals surface area (Å²) < 4.78 is 16.2. The Bertz CT molecular complexity index is 970. The molecule has 0 saturated carbocycles. The molecule has 35 heavy (non-hydrogen) atoms. The summed E-state index contributed by atoms with van der Waals surface area (Å²) >= 11 is 1.61. The van der Waals surface area contributed by atoms with Gasteiger partial charge in [0, 0.05) is 31.5 Å². The molecule has 0 aliphatic carbocycles. The van der Waals surface area contributed by atoms with Crippen molar-refractivity contribution < 1.29 is 23.8 Å². The molecule has 0 radical (unpaired) electrons. The number of fused-ring (bicyclic) bond motifs is 1. The molecule has 0 bridgehead atoms. The highest BCUT2D eigenvalue weighted by molar-refractivity contribution is 7.09. The van der Waals surface area contributed by atoms with Gasteiger partial charge in [0.05, 0.1) is 19.7 Å². The van der Waals surface area contributed by atoms with Gasteiger partial charge in [-0.05, 0) is 46.9 Å². The Morgan fingerprint density at radius 3 is 2.54 bits per heavy atom. The average molecular weight is 503 g/mol. The number of hydrogen-bond acceptors (Lipinski definition) is 6. The highest BCUT2D eigenvalue weighted by Gasteiger charge is 2.25. The Kier molecular flexibility index (Phi) is 9.57. The van der Waals surface area contributed by atoms with Crippen molar-refractivity contribution in [2.24, 2.45) is 11.3 Å². The summed E-state index contributed by atoms with van der Waals surface area (Å²) in [6, 6.07) is 9.74. The second-order valence-electron chi connectivity index (χ2n) is 10.4. The molecule has 1 aliphatic heterocycles. The van der Waals surface area contributed by atoms with Crippen LogP contribution in [-0.2, 0) is 27.4 Å². The van der Waals surface area contributed by atoms with Gasteiger partial charge in [0.1, 0.15) is 0 Å². The summed E-state index contributed by atoms with van der Waals surface area (Å²) in [5.41, 5.74) is 1.10. The number of benzene rings is 1. The summed E-state index contributed by atoms with van der Waals surface area (Å²) in [5, 5.41) is 2.00. The van der Waals surface area contributed by atoms with Gasteiger partial charge < -0.3 is 24.0 Å². The number of carbonyl (C=O) groups excluding carboxylic acids is 2. The zero-order valence-electron chi connectivity index (χ0n) is 21.5. The van der Waals surface area contributed by atoms with E-state index < -0.39 is 0 Å². The molecule has 192 valence electrons. The number of rotatable bonds is 12. The number of methoxy groups -OCH3 is 1. The van der Waals surface area contributed by atoms with Crippen molar-refractivity contribution in [1.82, 2.24) is 9.80 Å². The van der Waals surface area contributed by atoms with Gasteiger partial charge in [0.25, 0.3) is 0 Å². The van der Waals surface area contributed by atoms with E-state index in [1.54, 1.807) is 28.2 Å². The lowest BCUT2D eigenvalue weighted by Gasteiger charge is -2.29. The summed E-state index contributed by atoms with van der Waals surface area (Å²) in [7, 11) is 1.61. The van der Waals surface area contributed by atoms with Crippen LogP contribution in [0, 0.1) is 11.3 Å². The van der Waals surface area contributed by atoms with E-state index in [-0.39, 0.29) is 36.5 Å². The van der Waals surface area contributed by atoms with Crippen molar-refractivity contribution in [3.63, 3.8) is 0 Å². The molecule has 0 saturated heterocycles. The molecule has 1 aliphatic rings. The van der Waals surface area contributed by atoms with Gasteiger partial charge in [-0.2, -0.15) is 0 Å². The van der Waals surface area contributed by atoms with Crippen LogP contribution < -0.4 is 9.47 Å². The fourth-order valence-electron chi connectivity index (χ4n) is 4.38. The molecule has 3 rings (SSSR count). The number of nitrogens with zero attached hydrogens (tertiary/aromatic N) is 2. The standard InChI is InChI=1S/C27H38N2O5S/c1-20(15-27(2,3)4)13-25(30)28(10-11-32-5)18-26(31)29(17-22-7-6-12-35-22)16-21-8-9-23-24(14-21)34-19-33-23/h6-9,12,14,20H,10-11,13,15-19H2,1-5H3. The number of ether oxygens (including phenoxy) is 3. The molecule has 7 nitrogen and oxygen atoms in total. The molecule has 8 heteroatoms. The monoisotopic (exact) mass is 502 g/mol. The van der Waals surface area contributed by atoms with Crippen LogP contribution in [0.3, 0.4) is 0 Å². The average Bonchev–Trinajstić information content (AvgIpc) is 3.46. The topological polar surface area (TPSA) is 68.3 Å². The molecule has 2 amide bonds. The van der Waals surface area contributed by atoms with Crippen molar-refractivity contribution in [3.05, 3.63) is 46.2 Å². The van der Waals surface area contributed by atoms with Gasteiger partial charge in [-0.25, -0.2) is 0 Å². The minimum Gasteiger partial charge on any atom is -0.454 e. The van der Waals surface area contributed by atoms with Crippen molar-refractivity contribution in [2.75, 3.05) is 33.6 Å². The lowest BCUT2D eigenvalue weighted by molar-refractivity contribution is -0.142.